The first-order chi connectivity index (χ1) is 11.5. The molecule has 0 spiro atoms. The number of anilines is 1. The van der Waals surface area contributed by atoms with Crippen molar-refractivity contribution in [2.75, 3.05) is 4.90 Å². The van der Waals surface area contributed by atoms with Crippen LogP contribution in [0.25, 0.3) is 0 Å². The van der Waals surface area contributed by atoms with Crippen LogP contribution < -0.4 is 4.90 Å². The van der Waals surface area contributed by atoms with Gasteiger partial charge in [-0.15, -0.1) is 0 Å². The molecular weight excluding hydrogens is 322 g/mol. The highest BCUT2D eigenvalue weighted by atomic mass is 32.2. The Balaban J connectivity index is 1.78. The number of imide groups is 1. The van der Waals surface area contributed by atoms with Crippen molar-refractivity contribution in [3.05, 3.63) is 47.8 Å². The molecule has 0 bridgehead atoms. The number of aromatic nitrogens is 2. The maximum atomic E-state index is 12.7. The monoisotopic (exact) mass is 341 g/mol. The van der Waals surface area contributed by atoms with Gasteiger partial charge in [0.05, 0.1) is 5.69 Å². The molecule has 0 unspecified atom stereocenters. The summed E-state index contributed by atoms with van der Waals surface area (Å²) in [4.78, 5) is 34.7. The van der Waals surface area contributed by atoms with Crippen LogP contribution in [0.5, 0.6) is 0 Å². The van der Waals surface area contributed by atoms with Crippen molar-refractivity contribution in [3.8, 4) is 0 Å². The summed E-state index contributed by atoms with van der Waals surface area (Å²) < 4.78 is 0. The largest absolute Gasteiger partial charge is 0.274 e. The van der Waals surface area contributed by atoms with Crippen molar-refractivity contribution >= 4 is 29.3 Å². The Kier molecular flexibility index (Phi) is 4.66. The van der Waals surface area contributed by atoms with Crippen molar-refractivity contribution in [1.82, 2.24) is 9.97 Å². The van der Waals surface area contributed by atoms with Gasteiger partial charge < -0.3 is 0 Å². The molecule has 1 aliphatic heterocycles. The van der Waals surface area contributed by atoms with E-state index in [4.69, 9.17) is 0 Å². The minimum absolute atomic E-state index is 0.173. The van der Waals surface area contributed by atoms with Crippen LogP contribution >= 0.6 is 11.8 Å². The first-order valence-electron chi connectivity index (χ1n) is 7.89. The van der Waals surface area contributed by atoms with Crippen LogP contribution in [0.4, 0.5) is 5.69 Å². The number of rotatable bonds is 4. The molecule has 2 heterocycles. The smallest absolute Gasteiger partial charge is 0.247 e. The third kappa shape index (κ3) is 3.33. The SMILES string of the molecule is Cc1ccnc(S[C@H]2CC(=O)N(c3ccc(C(C)C)cc3)C2=O)n1. The fourth-order valence-electron chi connectivity index (χ4n) is 2.59. The minimum atomic E-state index is -0.468. The second kappa shape index (κ2) is 6.73. The lowest BCUT2D eigenvalue weighted by atomic mass is 10.0. The molecule has 1 atom stereocenters. The van der Waals surface area contributed by atoms with Crippen LogP contribution in [0.2, 0.25) is 0 Å². The average Bonchev–Trinajstić information content (AvgIpc) is 2.81. The number of nitrogens with zero attached hydrogens (tertiary/aromatic N) is 3. The van der Waals surface area contributed by atoms with E-state index in [1.165, 1.54) is 22.2 Å². The third-order valence-corrected chi connectivity index (χ3v) is 5.00. The maximum Gasteiger partial charge on any atom is 0.247 e. The van der Waals surface area contributed by atoms with Gasteiger partial charge in [-0.3, -0.25) is 9.59 Å². The predicted octanol–water partition coefficient (Wildman–Crippen LogP) is 3.33. The Morgan fingerprint density at radius 1 is 1.17 bits per heavy atom. The van der Waals surface area contributed by atoms with Gasteiger partial charge in [0.15, 0.2) is 5.16 Å². The fraction of sp³-hybridized carbons (Fsp3) is 0.333. The van der Waals surface area contributed by atoms with E-state index in [2.05, 4.69) is 23.8 Å². The highest BCUT2D eigenvalue weighted by molar-refractivity contribution is 8.00. The summed E-state index contributed by atoms with van der Waals surface area (Å²) in [5, 5.41) is 0.0576. The molecule has 0 saturated carbocycles. The Morgan fingerprint density at radius 2 is 1.88 bits per heavy atom. The molecule has 2 aromatic rings. The number of hydrogen-bond donors (Lipinski definition) is 0. The van der Waals surface area contributed by atoms with Gasteiger partial charge in [0.25, 0.3) is 0 Å². The molecule has 1 aliphatic rings. The summed E-state index contributed by atoms with van der Waals surface area (Å²) in [6.45, 7) is 6.08. The topological polar surface area (TPSA) is 63.2 Å². The van der Waals surface area contributed by atoms with E-state index in [0.717, 1.165) is 5.69 Å². The van der Waals surface area contributed by atoms with E-state index in [0.29, 0.717) is 16.8 Å². The van der Waals surface area contributed by atoms with E-state index in [1.54, 1.807) is 12.3 Å². The summed E-state index contributed by atoms with van der Waals surface area (Å²) in [6.07, 6.45) is 1.83. The van der Waals surface area contributed by atoms with Crippen molar-refractivity contribution < 1.29 is 9.59 Å². The molecule has 0 N–H and O–H groups in total. The number of benzene rings is 1. The van der Waals surface area contributed by atoms with E-state index >= 15 is 0 Å². The molecule has 124 valence electrons. The molecule has 0 aliphatic carbocycles. The molecule has 3 rings (SSSR count). The zero-order chi connectivity index (χ0) is 17.3. The zero-order valence-corrected chi connectivity index (χ0v) is 14.7. The van der Waals surface area contributed by atoms with Crippen LogP contribution in [-0.2, 0) is 9.59 Å². The van der Waals surface area contributed by atoms with Crippen LogP contribution in [-0.4, -0.2) is 27.0 Å². The van der Waals surface area contributed by atoms with E-state index in [-0.39, 0.29) is 18.2 Å². The van der Waals surface area contributed by atoms with Crippen molar-refractivity contribution in [2.24, 2.45) is 0 Å². The Morgan fingerprint density at radius 3 is 2.50 bits per heavy atom. The highest BCUT2D eigenvalue weighted by Crippen LogP contribution is 2.32. The normalized spacial score (nSPS) is 17.8. The molecule has 0 radical (unpaired) electrons. The fourth-order valence-corrected chi connectivity index (χ4v) is 3.59. The standard InChI is InChI=1S/C18H19N3O2S/c1-11(2)13-4-6-14(7-5-13)21-16(22)10-15(17(21)23)24-18-19-9-8-12(3)20-18/h4-9,11,15H,10H2,1-3H3/t15-/m0/s1. The molecule has 5 nitrogen and oxygen atoms in total. The van der Waals surface area contributed by atoms with Crippen molar-refractivity contribution in [3.63, 3.8) is 0 Å². The molecule has 24 heavy (non-hydrogen) atoms. The molecule has 6 heteroatoms. The minimum Gasteiger partial charge on any atom is -0.274 e. The van der Waals surface area contributed by atoms with Gasteiger partial charge in [0.1, 0.15) is 5.25 Å². The first-order valence-corrected chi connectivity index (χ1v) is 8.76. The lowest BCUT2D eigenvalue weighted by Gasteiger charge is -2.16. The van der Waals surface area contributed by atoms with Gasteiger partial charge >= 0.3 is 0 Å². The number of amides is 2. The zero-order valence-electron chi connectivity index (χ0n) is 13.9. The van der Waals surface area contributed by atoms with E-state index in [1.807, 2.05) is 31.2 Å². The molecule has 1 aromatic carbocycles. The third-order valence-electron chi connectivity index (χ3n) is 3.94. The van der Waals surface area contributed by atoms with Crippen molar-refractivity contribution in [1.29, 1.82) is 0 Å². The van der Waals surface area contributed by atoms with Gasteiger partial charge in [0, 0.05) is 18.3 Å². The molecule has 2 amide bonds. The summed E-state index contributed by atoms with van der Waals surface area (Å²) in [6, 6.07) is 9.40. The Labute approximate surface area is 145 Å². The van der Waals surface area contributed by atoms with Crippen LogP contribution in [0.1, 0.15) is 37.4 Å². The van der Waals surface area contributed by atoms with Crippen LogP contribution in [0, 0.1) is 6.92 Å². The molecular formula is C18H19N3O2S. The Hall–Kier alpha value is -2.21. The molecule has 1 saturated heterocycles. The van der Waals surface area contributed by atoms with Gasteiger partial charge in [-0.25, -0.2) is 14.9 Å². The lowest BCUT2D eigenvalue weighted by molar-refractivity contribution is -0.121. The van der Waals surface area contributed by atoms with E-state index < -0.39 is 5.25 Å². The number of hydrogen-bond acceptors (Lipinski definition) is 5. The Bertz CT molecular complexity index is 774. The first kappa shape index (κ1) is 16.6. The van der Waals surface area contributed by atoms with Gasteiger partial charge in [-0.2, -0.15) is 0 Å². The number of aryl methyl sites for hydroxylation is 1. The number of carbonyl (C=O) groups is 2. The van der Waals surface area contributed by atoms with Crippen molar-refractivity contribution in [2.45, 2.75) is 43.5 Å². The molecule has 1 fully saturated rings. The summed E-state index contributed by atoms with van der Waals surface area (Å²) >= 11 is 1.25. The van der Waals surface area contributed by atoms with Gasteiger partial charge in [0.2, 0.25) is 11.8 Å². The van der Waals surface area contributed by atoms with Crippen LogP contribution in [0.15, 0.2) is 41.7 Å². The van der Waals surface area contributed by atoms with Gasteiger partial charge in [-0.05, 0) is 36.6 Å². The maximum absolute atomic E-state index is 12.7. The lowest BCUT2D eigenvalue weighted by Crippen LogP contribution is -2.31. The number of thioether (sulfide) groups is 1. The number of carbonyl (C=O) groups excluding carboxylic acids is 2. The highest BCUT2D eigenvalue weighted by Gasteiger charge is 2.40. The second-order valence-corrected chi connectivity index (χ2v) is 7.27. The summed E-state index contributed by atoms with van der Waals surface area (Å²) in [5.74, 6) is 0.0284. The van der Waals surface area contributed by atoms with E-state index in [9.17, 15) is 9.59 Å². The second-order valence-electron chi connectivity index (χ2n) is 6.10. The van der Waals surface area contributed by atoms with Gasteiger partial charge in [-0.1, -0.05) is 37.7 Å². The summed E-state index contributed by atoms with van der Waals surface area (Å²) in [5.41, 5.74) is 2.64. The molecule has 1 aromatic heterocycles. The predicted molar refractivity (Wildman–Crippen MR) is 94.1 cm³/mol. The van der Waals surface area contributed by atoms with Crippen LogP contribution in [0.3, 0.4) is 0 Å². The summed E-state index contributed by atoms with van der Waals surface area (Å²) in [7, 11) is 0. The quantitative estimate of drug-likeness (QED) is 0.630. The average molecular weight is 341 g/mol.